The zero-order chi connectivity index (χ0) is 21.7. The standard InChI is InChI=1S/C25H28ClFN2O2/c26-22-7-3-1-5-19(22)9-10-24(30)28-17-21-11-12-25(31-21)13-15-29(16-14-25)18-20-6-2-4-8-23(20)27/h1-10,21H,11-18H2,(H,28,30). The molecule has 2 heterocycles. The Hall–Kier alpha value is -2.21. The Morgan fingerprint density at radius 3 is 2.68 bits per heavy atom. The average molecular weight is 443 g/mol. The number of amides is 1. The maximum Gasteiger partial charge on any atom is 0.244 e. The smallest absolute Gasteiger partial charge is 0.244 e. The van der Waals surface area contributed by atoms with Crippen LogP contribution < -0.4 is 5.32 Å². The van der Waals surface area contributed by atoms with E-state index in [1.807, 2.05) is 30.3 Å². The fraction of sp³-hybridized carbons (Fsp3) is 0.400. The number of piperidine rings is 1. The van der Waals surface area contributed by atoms with Gasteiger partial charge < -0.3 is 10.1 Å². The molecule has 1 spiro atoms. The van der Waals surface area contributed by atoms with Gasteiger partial charge in [-0.2, -0.15) is 0 Å². The number of ether oxygens (including phenoxy) is 1. The molecule has 0 aliphatic carbocycles. The second kappa shape index (κ2) is 9.94. The predicted molar refractivity (Wildman–Crippen MR) is 121 cm³/mol. The number of benzene rings is 2. The minimum atomic E-state index is -0.149. The third kappa shape index (κ3) is 5.73. The van der Waals surface area contributed by atoms with Crippen molar-refractivity contribution in [1.29, 1.82) is 0 Å². The molecule has 1 unspecified atom stereocenters. The Balaban J connectivity index is 1.21. The van der Waals surface area contributed by atoms with Crippen molar-refractivity contribution >= 4 is 23.6 Å². The van der Waals surface area contributed by atoms with Crippen LogP contribution in [0.25, 0.3) is 6.08 Å². The normalized spacial score (nSPS) is 21.0. The lowest BCUT2D eigenvalue weighted by Crippen LogP contribution is -2.44. The van der Waals surface area contributed by atoms with Gasteiger partial charge in [-0.3, -0.25) is 9.69 Å². The van der Waals surface area contributed by atoms with Crippen LogP contribution >= 0.6 is 11.6 Å². The van der Waals surface area contributed by atoms with Crippen molar-refractivity contribution < 1.29 is 13.9 Å². The summed E-state index contributed by atoms with van der Waals surface area (Å²) in [7, 11) is 0. The van der Waals surface area contributed by atoms with E-state index in [4.69, 9.17) is 16.3 Å². The first-order valence-electron chi connectivity index (χ1n) is 10.9. The zero-order valence-corrected chi connectivity index (χ0v) is 18.3. The fourth-order valence-corrected chi connectivity index (χ4v) is 4.64. The maximum absolute atomic E-state index is 13.9. The third-order valence-corrected chi connectivity index (χ3v) is 6.63. The van der Waals surface area contributed by atoms with Crippen LogP contribution in [0, 0.1) is 5.82 Å². The van der Waals surface area contributed by atoms with E-state index < -0.39 is 0 Å². The number of nitrogens with one attached hydrogen (secondary N) is 1. The van der Waals surface area contributed by atoms with E-state index in [1.54, 1.807) is 18.2 Å². The highest BCUT2D eigenvalue weighted by Crippen LogP contribution is 2.39. The van der Waals surface area contributed by atoms with Crippen LogP contribution in [0.5, 0.6) is 0 Å². The molecule has 0 radical (unpaired) electrons. The molecule has 0 bridgehead atoms. The molecule has 2 aliphatic heterocycles. The van der Waals surface area contributed by atoms with Gasteiger partial charge in [-0.15, -0.1) is 0 Å². The van der Waals surface area contributed by atoms with Crippen LogP contribution in [0.4, 0.5) is 4.39 Å². The van der Waals surface area contributed by atoms with E-state index in [2.05, 4.69) is 10.2 Å². The number of rotatable bonds is 6. The summed E-state index contributed by atoms with van der Waals surface area (Å²) in [5, 5.41) is 3.56. The van der Waals surface area contributed by atoms with Gasteiger partial charge in [0, 0.05) is 42.8 Å². The van der Waals surface area contributed by atoms with Crippen molar-refractivity contribution in [2.75, 3.05) is 19.6 Å². The van der Waals surface area contributed by atoms with Crippen LogP contribution in [0.1, 0.15) is 36.8 Å². The van der Waals surface area contributed by atoms with Crippen molar-refractivity contribution in [3.63, 3.8) is 0 Å². The minimum Gasteiger partial charge on any atom is -0.370 e. The first kappa shape index (κ1) is 22.0. The number of nitrogens with zero attached hydrogens (tertiary/aromatic N) is 1. The first-order valence-corrected chi connectivity index (χ1v) is 11.2. The summed E-state index contributed by atoms with van der Waals surface area (Å²) >= 11 is 6.11. The summed E-state index contributed by atoms with van der Waals surface area (Å²) in [5.41, 5.74) is 1.46. The SMILES string of the molecule is O=C(C=Cc1ccccc1Cl)NCC1CCC2(CCN(Cc3ccccc3F)CC2)O1. The predicted octanol–water partition coefficient (Wildman–Crippen LogP) is 4.82. The highest BCUT2D eigenvalue weighted by Gasteiger charge is 2.42. The largest absolute Gasteiger partial charge is 0.370 e. The van der Waals surface area contributed by atoms with E-state index in [0.717, 1.165) is 49.9 Å². The van der Waals surface area contributed by atoms with E-state index in [9.17, 15) is 9.18 Å². The summed E-state index contributed by atoms with van der Waals surface area (Å²) in [6.45, 7) is 2.94. The molecule has 6 heteroatoms. The number of hydrogen-bond acceptors (Lipinski definition) is 3. The summed E-state index contributed by atoms with van der Waals surface area (Å²) < 4.78 is 20.3. The molecule has 1 atom stereocenters. The Kier molecular flexibility index (Phi) is 7.06. The van der Waals surface area contributed by atoms with Gasteiger partial charge in [0.05, 0.1) is 11.7 Å². The second-order valence-electron chi connectivity index (χ2n) is 8.43. The van der Waals surface area contributed by atoms with Gasteiger partial charge in [-0.25, -0.2) is 4.39 Å². The van der Waals surface area contributed by atoms with Crippen LogP contribution in [0.15, 0.2) is 54.6 Å². The molecule has 31 heavy (non-hydrogen) atoms. The highest BCUT2D eigenvalue weighted by molar-refractivity contribution is 6.32. The lowest BCUT2D eigenvalue weighted by Gasteiger charge is -2.39. The molecule has 2 aliphatic rings. The molecule has 164 valence electrons. The molecule has 1 amide bonds. The topological polar surface area (TPSA) is 41.6 Å². The number of likely N-dealkylation sites (tertiary alicyclic amines) is 1. The van der Waals surface area contributed by atoms with Crippen LogP contribution in [-0.2, 0) is 16.1 Å². The van der Waals surface area contributed by atoms with Crippen molar-refractivity contribution in [3.05, 3.63) is 76.6 Å². The molecule has 2 aromatic carbocycles. The number of halogens is 2. The lowest BCUT2D eigenvalue weighted by molar-refractivity contribution is -0.118. The molecule has 0 saturated carbocycles. The third-order valence-electron chi connectivity index (χ3n) is 6.28. The molecular formula is C25H28ClFN2O2. The molecular weight excluding hydrogens is 415 g/mol. The van der Waals surface area contributed by atoms with Gasteiger partial charge >= 0.3 is 0 Å². The second-order valence-corrected chi connectivity index (χ2v) is 8.84. The Morgan fingerprint density at radius 2 is 1.90 bits per heavy atom. The molecule has 2 aromatic rings. The minimum absolute atomic E-state index is 0.0378. The van der Waals surface area contributed by atoms with Crippen molar-refractivity contribution in [2.24, 2.45) is 0 Å². The van der Waals surface area contributed by atoms with E-state index in [-0.39, 0.29) is 23.4 Å². The van der Waals surface area contributed by atoms with Gasteiger partial charge in [0.2, 0.25) is 5.91 Å². The van der Waals surface area contributed by atoms with Crippen molar-refractivity contribution in [3.8, 4) is 0 Å². The summed E-state index contributed by atoms with van der Waals surface area (Å²) in [5.74, 6) is -0.288. The molecule has 4 nitrogen and oxygen atoms in total. The van der Waals surface area contributed by atoms with Crippen LogP contribution in [-0.4, -0.2) is 42.1 Å². The van der Waals surface area contributed by atoms with E-state index >= 15 is 0 Å². The highest BCUT2D eigenvalue weighted by atomic mass is 35.5. The molecule has 1 N–H and O–H groups in total. The summed E-state index contributed by atoms with van der Waals surface area (Å²) in [4.78, 5) is 14.5. The molecule has 0 aromatic heterocycles. The van der Waals surface area contributed by atoms with Crippen LogP contribution in [0.3, 0.4) is 0 Å². The van der Waals surface area contributed by atoms with E-state index in [1.165, 1.54) is 12.1 Å². The van der Waals surface area contributed by atoms with Crippen molar-refractivity contribution in [1.82, 2.24) is 10.2 Å². The molecule has 2 saturated heterocycles. The quantitative estimate of drug-likeness (QED) is 0.652. The van der Waals surface area contributed by atoms with Gasteiger partial charge in [-0.1, -0.05) is 48.0 Å². The summed E-state index contributed by atoms with van der Waals surface area (Å²) in [6, 6.07) is 14.4. The number of carbonyl (C=O) groups excluding carboxylic acids is 1. The van der Waals surface area contributed by atoms with Crippen LogP contribution in [0.2, 0.25) is 5.02 Å². The first-order chi connectivity index (χ1) is 15.0. The number of carbonyl (C=O) groups is 1. The Morgan fingerprint density at radius 1 is 1.16 bits per heavy atom. The van der Waals surface area contributed by atoms with E-state index in [0.29, 0.717) is 18.1 Å². The average Bonchev–Trinajstić information content (AvgIpc) is 3.17. The fourth-order valence-electron chi connectivity index (χ4n) is 4.44. The van der Waals surface area contributed by atoms with Gasteiger partial charge in [0.15, 0.2) is 0 Å². The van der Waals surface area contributed by atoms with Gasteiger partial charge in [-0.05, 0) is 49.5 Å². The molecule has 2 fully saturated rings. The maximum atomic E-state index is 13.9. The number of hydrogen-bond donors (Lipinski definition) is 1. The molecule has 4 rings (SSSR count). The van der Waals surface area contributed by atoms with Gasteiger partial charge in [0.1, 0.15) is 5.82 Å². The zero-order valence-electron chi connectivity index (χ0n) is 17.5. The Labute approximate surface area is 188 Å². The van der Waals surface area contributed by atoms with Crippen molar-refractivity contribution in [2.45, 2.75) is 43.9 Å². The summed E-state index contributed by atoms with van der Waals surface area (Å²) in [6.07, 6.45) is 7.11. The van der Waals surface area contributed by atoms with Gasteiger partial charge in [0.25, 0.3) is 0 Å². The monoisotopic (exact) mass is 442 g/mol. The Bertz CT molecular complexity index is 941. The lowest BCUT2D eigenvalue weighted by atomic mass is 9.88.